The molecule has 1 N–H and O–H groups in total. The van der Waals surface area contributed by atoms with E-state index < -0.39 is 0 Å². The summed E-state index contributed by atoms with van der Waals surface area (Å²) in [6.07, 6.45) is 6.53. The zero-order valence-electron chi connectivity index (χ0n) is 18.8. The standard InChI is InChI=1S/C25H31N5OS/c1-3-21-9-4-5-10-23(21)30-18-26-28-25(30)32-17-24(31)27-22-13-11-20(12-14-22)16-29-15-7-6-8-19(29)2/h4-5,9-14,18-19H,3,6-8,15-17H2,1-2H3,(H,27,31). The number of nitrogens with zero attached hydrogens (tertiary/aromatic N) is 4. The van der Waals surface area contributed by atoms with Gasteiger partial charge in [0, 0.05) is 18.3 Å². The first-order chi connectivity index (χ1) is 15.6. The fourth-order valence-corrected chi connectivity index (χ4v) is 4.90. The van der Waals surface area contributed by atoms with Gasteiger partial charge in [-0.25, -0.2) is 0 Å². The summed E-state index contributed by atoms with van der Waals surface area (Å²) in [6, 6.07) is 17.1. The Kier molecular flexibility index (Phi) is 7.60. The van der Waals surface area contributed by atoms with Crippen molar-refractivity contribution in [2.24, 2.45) is 0 Å². The van der Waals surface area contributed by atoms with E-state index in [1.807, 2.05) is 28.8 Å². The van der Waals surface area contributed by atoms with Gasteiger partial charge in [-0.05, 0) is 62.1 Å². The van der Waals surface area contributed by atoms with Gasteiger partial charge in [-0.15, -0.1) is 10.2 Å². The van der Waals surface area contributed by atoms with Crippen molar-refractivity contribution >= 4 is 23.4 Å². The molecule has 3 aromatic rings. The van der Waals surface area contributed by atoms with E-state index in [0.29, 0.717) is 11.2 Å². The number of aryl methyl sites for hydroxylation is 1. The number of aromatic nitrogens is 3. The second-order valence-corrected chi connectivity index (χ2v) is 9.26. The molecule has 7 heteroatoms. The first kappa shape index (κ1) is 22.6. The van der Waals surface area contributed by atoms with Gasteiger partial charge in [-0.1, -0.05) is 55.4 Å². The molecule has 2 heterocycles. The summed E-state index contributed by atoms with van der Waals surface area (Å²) in [7, 11) is 0. The fourth-order valence-electron chi connectivity index (χ4n) is 4.18. The summed E-state index contributed by atoms with van der Waals surface area (Å²) in [5.41, 5.74) is 4.39. The average Bonchev–Trinajstić information content (AvgIpc) is 3.29. The number of nitrogens with one attached hydrogen (secondary N) is 1. The molecular weight excluding hydrogens is 418 g/mol. The number of carbonyl (C=O) groups excluding carboxylic acids is 1. The molecule has 1 aliphatic rings. The number of carbonyl (C=O) groups is 1. The molecule has 0 saturated carbocycles. The van der Waals surface area contributed by atoms with E-state index in [4.69, 9.17) is 0 Å². The normalized spacial score (nSPS) is 16.8. The van der Waals surface area contributed by atoms with Crippen molar-refractivity contribution < 1.29 is 4.79 Å². The van der Waals surface area contributed by atoms with Crippen molar-refractivity contribution in [1.82, 2.24) is 19.7 Å². The first-order valence-electron chi connectivity index (χ1n) is 11.4. The van der Waals surface area contributed by atoms with Crippen LogP contribution in [0.25, 0.3) is 5.69 Å². The Hall–Kier alpha value is -2.64. The fraction of sp³-hybridized carbons (Fsp3) is 0.400. The lowest BCUT2D eigenvalue weighted by molar-refractivity contribution is -0.113. The topological polar surface area (TPSA) is 63.1 Å². The zero-order valence-corrected chi connectivity index (χ0v) is 19.6. The number of likely N-dealkylation sites (tertiary alicyclic amines) is 1. The van der Waals surface area contributed by atoms with Crippen LogP contribution in [0.15, 0.2) is 60.0 Å². The molecule has 1 unspecified atom stereocenters. The third-order valence-corrected chi connectivity index (χ3v) is 6.99. The van der Waals surface area contributed by atoms with Gasteiger partial charge in [0.05, 0.1) is 11.4 Å². The molecule has 0 bridgehead atoms. The van der Waals surface area contributed by atoms with Crippen LogP contribution in [0.4, 0.5) is 5.69 Å². The van der Waals surface area contributed by atoms with E-state index in [-0.39, 0.29) is 11.7 Å². The van der Waals surface area contributed by atoms with Gasteiger partial charge < -0.3 is 5.32 Å². The van der Waals surface area contributed by atoms with Crippen LogP contribution in [0.1, 0.15) is 44.2 Å². The minimum Gasteiger partial charge on any atom is -0.325 e. The van der Waals surface area contributed by atoms with Crippen molar-refractivity contribution in [3.63, 3.8) is 0 Å². The second-order valence-electron chi connectivity index (χ2n) is 8.31. The van der Waals surface area contributed by atoms with Crippen LogP contribution in [0, 0.1) is 0 Å². The molecule has 6 nitrogen and oxygen atoms in total. The lowest BCUT2D eigenvalue weighted by atomic mass is 10.0. The van der Waals surface area contributed by atoms with Gasteiger partial charge in [-0.2, -0.15) is 0 Å². The Morgan fingerprint density at radius 1 is 1.16 bits per heavy atom. The molecule has 1 amide bonds. The van der Waals surface area contributed by atoms with Crippen LogP contribution in [-0.2, 0) is 17.8 Å². The van der Waals surface area contributed by atoms with E-state index in [0.717, 1.165) is 24.3 Å². The highest BCUT2D eigenvalue weighted by Crippen LogP contribution is 2.23. The predicted molar refractivity (Wildman–Crippen MR) is 130 cm³/mol. The van der Waals surface area contributed by atoms with Crippen LogP contribution < -0.4 is 5.32 Å². The van der Waals surface area contributed by atoms with E-state index in [2.05, 4.69) is 58.5 Å². The number of rotatable bonds is 8. The molecule has 2 aromatic carbocycles. The highest BCUT2D eigenvalue weighted by atomic mass is 32.2. The minimum atomic E-state index is -0.0503. The number of piperidine rings is 1. The van der Waals surface area contributed by atoms with Crippen LogP contribution in [-0.4, -0.2) is 43.9 Å². The monoisotopic (exact) mass is 449 g/mol. The van der Waals surface area contributed by atoms with Crippen molar-refractivity contribution in [1.29, 1.82) is 0 Å². The lowest BCUT2D eigenvalue weighted by Crippen LogP contribution is -2.36. The average molecular weight is 450 g/mol. The molecule has 1 saturated heterocycles. The molecule has 32 heavy (non-hydrogen) atoms. The Bertz CT molecular complexity index is 1030. The lowest BCUT2D eigenvalue weighted by Gasteiger charge is -2.33. The summed E-state index contributed by atoms with van der Waals surface area (Å²) in [4.78, 5) is 15.1. The molecule has 1 fully saturated rings. The molecule has 0 spiro atoms. The molecular formula is C25H31N5OS. The Morgan fingerprint density at radius 2 is 1.97 bits per heavy atom. The number of para-hydroxylation sites is 1. The minimum absolute atomic E-state index is 0.0503. The second kappa shape index (κ2) is 10.8. The highest BCUT2D eigenvalue weighted by molar-refractivity contribution is 7.99. The first-order valence-corrected chi connectivity index (χ1v) is 12.4. The van der Waals surface area contributed by atoms with Gasteiger partial charge in [0.15, 0.2) is 5.16 Å². The highest BCUT2D eigenvalue weighted by Gasteiger charge is 2.18. The van der Waals surface area contributed by atoms with Gasteiger partial charge in [0.25, 0.3) is 0 Å². The number of anilines is 1. The molecule has 0 radical (unpaired) electrons. The quantitative estimate of drug-likeness (QED) is 0.494. The molecule has 1 aliphatic heterocycles. The predicted octanol–water partition coefficient (Wildman–Crippen LogP) is 4.93. The van der Waals surface area contributed by atoms with Crippen LogP contribution in [0.5, 0.6) is 0 Å². The maximum atomic E-state index is 12.5. The van der Waals surface area contributed by atoms with Crippen molar-refractivity contribution in [2.45, 2.75) is 57.3 Å². The van der Waals surface area contributed by atoms with E-state index in [1.165, 1.54) is 48.7 Å². The molecule has 1 atom stereocenters. The van der Waals surface area contributed by atoms with Crippen LogP contribution in [0.3, 0.4) is 0 Å². The smallest absolute Gasteiger partial charge is 0.234 e. The maximum Gasteiger partial charge on any atom is 0.234 e. The van der Waals surface area contributed by atoms with Crippen molar-refractivity contribution in [3.8, 4) is 5.69 Å². The molecule has 0 aliphatic carbocycles. The SMILES string of the molecule is CCc1ccccc1-n1cnnc1SCC(=O)Nc1ccc(CN2CCCCC2C)cc1. The van der Waals surface area contributed by atoms with E-state index >= 15 is 0 Å². The number of benzene rings is 2. The third-order valence-electron chi connectivity index (χ3n) is 6.04. The number of amides is 1. The summed E-state index contributed by atoms with van der Waals surface area (Å²) in [6.45, 7) is 6.58. The molecule has 4 rings (SSSR count). The number of hydrogen-bond acceptors (Lipinski definition) is 5. The largest absolute Gasteiger partial charge is 0.325 e. The third kappa shape index (κ3) is 5.58. The zero-order chi connectivity index (χ0) is 22.3. The van der Waals surface area contributed by atoms with Crippen LogP contribution in [0.2, 0.25) is 0 Å². The Morgan fingerprint density at radius 3 is 2.75 bits per heavy atom. The molecule has 1 aromatic heterocycles. The van der Waals surface area contributed by atoms with Gasteiger partial charge in [0.1, 0.15) is 6.33 Å². The number of thioether (sulfide) groups is 1. The Labute approximate surface area is 194 Å². The van der Waals surface area contributed by atoms with E-state index in [1.54, 1.807) is 6.33 Å². The summed E-state index contributed by atoms with van der Waals surface area (Å²) in [5.74, 6) is 0.228. The van der Waals surface area contributed by atoms with E-state index in [9.17, 15) is 4.79 Å². The number of hydrogen-bond donors (Lipinski definition) is 1. The summed E-state index contributed by atoms with van der Waals surface area (Å²) in [5, 5.41) is 12.0. The van der Waals surface area contributed by atoms with Crippen molar-refractivity contribution in [2.75, 3.05) is 17.6 Å². The summed E-state index contributed by atoms with van der Waals surface area (Å²) < 4.78 is 1.95. The maximum absolute atomic E-state index is 12.5. The molecule has 168 valence electrons. The van der Waals surface area contributed by atoms with Gasteiger partial charge in [-0.3, -0.25) is 14.3 Å². The van der Waals surface area contributed by atoms with Gasteiger partial charge >= 0.3 is 0 Å². The van der Waals surface area contributed by atoms with Gasteiger partial charge in [0.2, 0.25) is 5.91 Å². The van der Waals surface area contributed by atoms with Crippen molar-refractivity contribution in [3.05, 3.63) is 66.0 Å². The Balaban J connectivity index is 1.32. The van der Waals surface area contributed by atoms with Crippen LogP contribution >= 0.6 is 11.8 Å². The summed E-state index contributed by atoms with van der Waals surface area (Å²) >= 11 is 1.39.